The minimum absolute atomic E-state index is 0.000541. The molecule has 6 atom stereocenters. The summed E-state index contributed by atoms with van der Waals surface area (Å²) in [4.78, 5) is 43.4. The van der Waals surface area contributed by atoms with Crippen molar-refractivity contribution in [3.05, 3.63) is 12.3 Å². The first kappa shape index (κ1) is 28.5. The second-order valence-corrected chi connectivity index (χ2v) is 11.3. The molecule has 4 unspecified atom stereocenters. The van der Waals surface area contributed by atoms with E-state index < -0.39 is 54.6 Å². The molecule has 0 aliphatic carbocycles. The third kappa shape index (κ3) is 8.76. The van der Waals surface area contributed by atoms with Crippen LogP contribution in [0.3, 0.4) is 0 Å². The number of methoxy groups -OCH3 is 1. The predicted octanol–water partition coefficient (Wildman–Crippen LogP) is -0.849. The van der Waals surface area contributed by atoms with Crippen molar-refractivity contribution in [1.29, 1.82) is 0 Å². The third-order valence-corrected chi connectivity index (χ3v) is 7.96. The molecule has 0 aromatic heterocycles. The van der Waals surface area contributed by atoms with Gasteiger partial charge >= 0.3 is 23.5 Å². The smallest absolute Gasteiger partial charge is 0.387 e. The molecule has 17 nitrogen and oxygen atoms in total. The van der Waals surface area contributed by atoms with E-state index >= 15 is 0 Å². The Morgan fingerprint density at radius 1 is 1.18 bits per heavy atom. The van der Waals surface area contributed by atoms with Crippen LogP contribution in [0, 0.1) is 0 Å². The fraction of sp³-hybridized carbons (Fsp3) is 0.769. The number of hydrogen-bond acceptors (Lipinski definition) is 13. The molecule has 20 heteroatoms. The van der Waals surface area contributed by atoms with Gasteiger partial charge in [0.2, 0.25) is 0 Å². The SMILES string of the molecule is COC1C(O)[C@@H](COP(=O)(O)OP(=O)(O)OP(=O)(O)O)O[C@H]1N1/C=C\C(N(C)C)=NCOC1. The van der Waals surface area contributed by atoms with Crippen LogP contribution in [0.5, 0.6) is 0 Å². The molecule has 1 saturated heterocycles. The molecule has 2 aliphatic rings. The van der Waals surface area contributed by atoms with Crippen LogP contribution < -0.4 is 0 Å². The second kappa shape index (κ2) is 11.3. The van der Waals surface area contributed by atoms with Crippen molar-refractivity contribution in [2.24, 2.45) is 4.99 Å². The number of aliphatic imine (C=N–C) groups is 1. The van der Waals surface area contributed by atoms with Gasteiger partial charge in [-0.3, -0.25) is 4.52 Å². The van der Waals surface area contributed by atoms with Crippen molar-refractivity contribution >= 4 is 29.3 Å². The van der Waals surface area contributed by atoms with E-state index in [0.717, 1.165) is 0 Å². The number of ether oxygens (including phenoxy) is 3. The lowest BCUT2D eigenvalue weighted by Crippen LogP contribution is -2.44. The summed E-state index contributed by atoms with van der Waals surface area (Å²) >= 11 is 0. The highest BCUT2D eigenvalue weighted by atomic mass is 31.3. The summed E-state index contributed by atoms with van der Waals surface area (Å²) in [6.07, 6.45) is -1.29. The summed E-state index contributed by atoms with van der Waals surface area (Å²) in [5.41, 5.74) is 0. The van der Waals surface area contributed by atoms with E-state index in [9.17, 15) is 28.6 Å². The van der Waals surface area contributed by atoms with Gasteiger partial charge in [0.05, 0.1) is 6.61 Å². The number of likely N-dealkylation sites (N-methyl/N-ethyl adjacent to an activating group) is 1. The highest BCUT2D eigenvalue weighted by Gasteiger charge is 2.48. The first-order valence-corrected chi connectivity index (χ1v) is 13.5. The van der Waals surface area contributed by atoms with Crippen molar-refractivity contribution in [3.8, 4) is 0 Å². The maximum atomic E-state index is 11.9. The summed E-state index contributed by atoms with van der Waals surface area (Å²) in [5.74, 6) is 0.594. The Balaban J connectivity index is 2.06. The van der Waals surface area contributed by atoms with Gasteiger partial charge in [0.1, 0.15) is 37.6 Å². The second-order valence-electron chi connectivity index (χ2n) is 6.85. The maximum absolute atomic E-state index is 11.9. The molecule has 2 aliphatic heterocycles. The number of phosphoric acid groups is 3. The molecule has 2 rings (SSSR count). The third-order valence-electron chi connectivity index (χ3n) is 4.16. The number of hydrogen-bond donors (Lipinski definition) is 5. The van der Waals surface area contributed by atoms with Crippen LogP contribution in [0.2, 0.25) is 0 Å². The summed E-state index contributed by atoms with van der Waals surface area (Å²) in [5, 5.41) is 10.5. The standard InChI is InChI=1S/C13H26N3O14P3/c1-15(2)10-4-5-16(8-26-7-14-10)13-12(25-3)11(17)9(28-13)6-27-32(21,22)30-33(23,24)29-31(18,19)20/h4-5,9,11-13,17H,6-8H2,1-3H3,(H,21,22)(H,23,24)(H2,18,19,20)/b5-4-,14-10?/t9-,11?,12?,13-/m1/s1. The van der Waals surface area contributed by atoms with E-state index in [1.165, 1.54) is 7.11 Å². The Kier molecular flexibility index (Phi) is 9.79. The fourth-order valence-electron chi connectivity index (χ4n) is 2.81. The minimum Gasteiger partial charge on any atom is -0.387 e. The molecule has 1 fully saturated rings. The number of phosphoric ester groups is 1. The largest absolute Gasteiger partial charge is 0.490 e. The quantitative estimate of drug-likeness (QED) is 0.224. The predicted molar refractivity (Wildman–Crippen MR) is 108 cm³/mol. The van der Waals surface area contributed by atoms with Gasteiger partial charge < -0.3 is 48.7 Å². The van der Waals surface area contributed by atoms with Gasteiger partial charge in [0, 0.05) is 27.4 Å². The van der Waals surface area contributed by atoms with E-state index in [1.54, 1.807) is 36.2 Å². The Bertz CT molecular complexity index is 878. The normalized spacial score (nSPS) is 31.2. The van der Waals surface area contributed by atoms with Gasteiger partial charge in [-0.1, -0.05) is 0 Å². The summed E-state index contributed by atoms with van der Waals surface area (Å²) < 4.78 is 62.2. The summed E-state index contributed by atoms with van der Waals surface area (Å²) in [7, 11) is -11.7. The van der Waals surface area contributed by atoms with Gasteiger partial charge in [-0.05, 0) is 6.08 Å². The molecule has 192 valence electrons. The monoisotopic (exact) mass is 541 g/mol. The number of nitrogens with zero attached hydrogens (tertiary/aromatic N) is 3. The van der Waals surface area contributed by atoms with Crippen LogP contribution in [0.1, 0.15) is 0 Å². The van der Waals surface area contributed by atoms with Crippen molar-refractivity contribution in [2.75, 3.05) is 41.3 Å². The summed E-state index contributed by atoms with van der Waals surface area (Å²) in [6, 6.07) is 0. The number of rotatable bonds is 9. The topological polar surface area (TPSA) is 227 Å². The van der Waals surface area contributed by atoms with Crippen LogP contribution >= 0.6 is 23.5 Å². The van der Waals surface area contributed by atoms with Gasteiger partial charge in [0.15, 0.2) is 6.23 Å². The highest BCUT2D eigenvalue weighted by Crippen LogP contribution is 2.66. The molecular formula is C13H26N3O14P3. The summed E-state index contributed by atoms with van der Waals surface area (Å²) in [6.45, 7) is -0.776. The van der Waals surface area contributed by atoms with Gasteiger partial charge in [-0.15, -0.1) is 0 Å². The van der Waals surface area contributed by atoms with Gasteiger partial charge in [0.25, 0.3) is 0 Å². The van der Waals surface area contributed by atoms with Crippen LogP contribution in [-0.4, -0.2) is 106 Å². The maximum Gasteiger partial charge on any atom is 0.490 e. The molecule has 0 saturated carbocycles. The lowest BCUT2D eigenvalue weighted by atomic mass is 10.1. The zero-order valence-corrected chi connectivity index (χ0v) is 20.4. The number of aliphatic hydroxyl groups is 1. The molecule has 5 N–H and O–H groups in total. The van der Waals surface area contributed by atoms with Crippen LogP contribution in [0.15, 0.2) is 17.3 Å². The zero-order valence-electron chi connectivity index (χ0n) is 17.7. The minimum atomic E-state index is -5.67. The molecule has 0 aromatic carbocycles. The molecule has 0 bridgehead atoms. The average Bonchev–Trinajstić information content (AvgIpc) is 2.92. The van der Waals surface area contributed by atoms with E-state index in [0.29, 0.717) is 5.84 Å². The molecule has 0 aromatic rings. The number of amidine groups is 1. The van der Waals surface area contributed by atoms with Crippen LogP contribution in [0.25, 0.3) is 0 Å². The van der Waals surface area contributed by atoms with Crippen molar-refractivity contribution in [3.63, 3.8) is 0 Å². The van der Waals surface area contributed by atoms with E-state index in [4.69, 9.17) is 24.0 Å². The van der Waals surface area contributed by atoms with Crippen molar-refractivity contribution in [2.45, 2.75) is 24.5 Å². The Labute approximate surface area is 188 Å². The zero-order chi connectivity index (χ0) is 25.0. The van der Waals surface area contributed by atoms with Gasteiger partial charge in [-0.25, -0.2) is 18.7 Å². The van der Waals surface area contributed by atoms with Crippen molar-refractivity contribution in [1.82, 2.24) is 9.80 Å². The Hall–Kier alpha value is -0.740. The lowest BCUT2D eigenvalue weighted by molar-refractivity contribution is -0.117. The first-order valence-electron chi connectivity index (χ1n) is 9.02. The fourth-order valence-corrected chi connectivity index (χ4v) is 5.84. The average molecular weight is 541 g/mol. The highest BCUT2D eigenvalue weighted by molar-refractivity contribution is 7.66. The Morgan fingerprint density at radius 2 is 1.85 bits per heavy atom. The molecule has 33 heavy (non-hydrogen) atoms. The molecular weight excluding hydrogens is 515 g/mol. The first-order chi connectivity index (χ1) is 15.1. The van der Waals surface area contributed by atoms with Crippen molar-refractivity contribution < 1.29 is 65.7 Å². The van der Waals surface area contributed by atoms with Crippen LogP contribution in [0.4, 0.5) is 0 Å². The molecule has 2 heterocycles. The molecule has 0 radical (unpaired) electrons. The molecule has 0 amide bonds. The number of aliphatic hydroxyl groups excluding tert-OH is 1. The van der Waals surface area contributed by atoms with E-state index in [2.05, 4.69) is 18.1 Å². The van der Waals surface area contributed by atoms with E-state index in [-0.39, 0.29) is 13.5 Å². The van der Waals surface area contributed by atoms with E-state index in [1.807, 2.05) is 0 Å². The van der Waals surface area contributed by atoms with Crippen LogP contribution in [-0.2, 0) is 41.1 Å². The molecule has 0 spiro atoms. The lowest BCUT2D eigenvalue weighted by Gasteiger charge is -2.31. The van der Waals surface area contributed by atoms with Gasteiger partial charge in [-0.2, -0.15) is 8.62 Å². The Morgan fingerprint density at radius 3 is 2.42 bits per heavy atom.